The topological polar surface area (TPSA) is 21.3 Å². The quantitative estimate of drug-likeness (QED) is 0.844. The number of benzene rings is 1. The zero-order chi connectivity index (χ0) is 11.5. The third-order valence-corrected chi connectivity index (χ3v) is 3.50. The molecule has 0 spiro atoms. The molecule has 2 heteroatoms. The lowest BCUT2D eigenvalue weighted by molar-refractivity contribution is 0.111. The number of hydrogen-bond acceptors (Lipinski definition) is 2. The highest BCUT2D eigenvalue weighted by molar-refractivity contribution is 5.28. The molecule has 1 heterocycles. The Morgan fingerprint density at radius 1 is 1.38 bits per heavy atom. The van der Waals surface area contributed by atoms with E-state index in [1.165, 1.54) is 11.1 Å². The van der Waals surface area contributed by atoms with Gasteiger partial charge in [-0.1, -0.05) is 24.3 Å². The zero-order valence-electron chi connectivity index (χ0n) is 10.4. The first-order valence-electron chi connectivity index (χ1n) is 6.11. The van der Waals surface area contributed by atoms with E-state index >= 15 is 0 Å². The molecule has 88 valence electrons. The lowest BCUT2D eigenvalue weighted by atomic mass is 10.0. The maximum atomic E-state index is 5.57. The SMILES string of the molecule is Cc1ccccc1[C@H](C)NC1CCOC1C. The van der Waals surface area contributed by atoms with E-state index in [9.17, 15) is 0 Å². The van der Waals surface area contributed by atoms with Gasteiger partial charge >= 0.3 is 0 Å². The number of aryl methyl sites for hydroxylation is 1. The van der Waals surface area contributed by atoms with Gasteiger partial charge in [0, 0.05) is 18.7 Å². The van der Waals surface area contributed by atoms with E-state index in [0.29, 0.717) is 18.2 Å². The molecule has 2 nitrogen and oxygen atoms in total. The standard InChI is InChI=1S/C14H21NO/c1-10-6-4-5-7-13(10)11(2)15-14-8-9-16-12(14)3/h4-7,11-12,14-15H,8-9H2,1-3H3/t11-,12?,14?/m0/s1. The second kappa shape index (κ2) is 4.98. The molecule has 0 amide bonds. The van der Waals surface area contributed by atoms with Gasteiger partial charge in [-0.25, -0.2) is 0 Å². The number of ether oxygens (including phenoxy) is 1. The molecule has 1 aliphatic heterocycles. The van der Waals surface area contributed by atoms with Crippen molar-refractivity contribution in [3.8, 4) is 0 Å². The maximum absolute atomic E-state index is 5.57. The second-order valence-electron chi connectivity index (χ2n) is 4.72. The van der Waals surface area contributed by atoms with Gasteiger partial charge < -0.3 is 10.1 Å². The summed E-state index contributed by atoms with van der Waals surface area (Å²) in [5.74, 6) is 0. The highest BCUT2D eigenvalue weighted by atomic mass is 16.5. The Labute approximate surface area is 98.0 Å². The van der Waals surface area contributed by atoms with E-state index in [1.807, 2.05) is 0 Å². The molecule has 2 rings (SSSR count). The van der Waals surface area contributed by atoms with Gasteiger partial charge in [0.15, 0.2) is 0 Å². The predicted molar refractivity (Wildman–Crippen MR) is 66.5 cm³/mol. The van der Waals surface area contributed by atoms with Crippen LogP contribution in [-0.2, 0) is 4.74 Å². The molecule has 2 unspecified atom stereocenters. The fourth-order valence-electron chi connectivity index (χ4n) is 2.43. The Morgan fingerprint density at radius 3 is 2.75 bits per heavy atom. The Kier molecular flexibility index (Phi) is 3.62. The second-order valence-corrected chi connectivity index (χ2v) is 4.72. The molecule has 1 fully saturated rings. The van der Waals surface area contributed by atoms with E-state index in [4.69, 9.17) is 4.74 Å². The molecule has 1 saturated heterocycles. The first-order chi connectivity index (χ1) is 7.68. The molecule has 1 N–H and O–H groups in total. The van der Waals surface area contributed by atoms with E-state index in [2.05, 4.69) is 50.4 Å². The largest absolute Gasteiger partial charge is 0.377 e. The Hall–Kier alpha value is -0.860. The summed E-state index contributed by atoms with van der Waals surface area (Å²) in [4.78, 5) is 0. The van der Waals surface area contributed by atoms with Crippen LogP contribution in [0.25, 0.3) is 0 Å². The third kappa shape index (κ3) is 2.45. The fourth-order valence-corrected chi connectivity index (χ4v) is 2.43. The molecule has 1 aliphatic rings. The molecule has 0 aliphatic carbocycles. The Balaban J connectivity index is 2.03. The molecule has 1 aromatic rings. The summed E-state index contributed by atoms with van der Waals surface area (Å²) in [6.45, 7) is 7.43. The molecule has 1 aromatic carbocycles. The zero-order valence-corrected chi connectivity index (χ0v) is 10.4. The van der Waals surface area contributed by atoms with Crippen LogP contribution >= 0.6 is 0 Å². The van der Waals surface area contributed by atoms with E-state index in [1.54, 1.807) is 0 Å². The van der Waals surface area contributed by atoms with Gasteiger partial charge in [-0.15, -0.1) is 0 Å². The van der Waals surface area contributed by atoms with Crippen molar-refractivity contribution >= 4 is 0 Å². The average Bonchev–Trinajstić information content (AvgIpc) is 2.65. The minimum atomic E-state index is 0.339. The van der Waals surface area contributed by atoms with Gasteiger partial charge in [0.2, 0.25) is 0 Å². The molecular weight excluding hydrogens is 198 g/mol. The van der Waals surface area contributed by atoms with E-state index in [0.717, 1.165) is 13.0 Å². The molecule has 16 heavy (non-hydrogen) atoms. The van der Waals surface area contributed by atoms with Crippen molar-refractivity contribution < 1.29 is 4.74 Å². The van der Waals surface area contributed by atoms with Crippen LogP contribution in [0.15, 0.2) is 24.3 Å². The Bertz CT molecular complexity index is 350. The van der Waals surface area contributed by atoms with Gasteiger partial charge in [-0.05, 0) is 38.3 Å². The lowest BCUT2D eigenvalue weighted by Gasteiger charge is -2.23. The van der Waals surface area contributed by atoms with Crippen LogP contribution in [0.3, 0.4) is 0 Å². The first kappa shape index (κ1) is 11.6. The van der Waals surface area contributed by atoms with Crippen LogP contribution in [0.4, 0.5) is 0 Å². The smallest absolute Gasteiger partial charge is 0.0700 e. The predicted octanol–water partition coefficient (Wildman–Crippen LogP) is 2.82. The van der Waals surface area contributed by atoms with Gasteiger partial charge in [0.1, 0.15) is 0 Å². The minimum absolute atomic E-state index is 0.339. The minimum Gasteiger partial charge on any atom is -0.377 e. The Morgan fingerprint density at radius 2 is 2.12 bits per heavy atom. The fraction of sp³-hybridized carbons (Fsp3) is 0.571. The van der Waals surface area contributed by atoms with Crippen LogP contribution in [0.1, 0.15) is 37.4 Å². The summed E-state index contributed by atoms with van der Waals surface area (Å²) >= 11 is 0. The van der Waals surface area contributed by atoms with E-state index < -0.39 is 0 Å². The van der Waals surface area contributed by atoms with Crippen LogP contribution in [-0.4, -0.2) is 18.8 Å². The number of hydrogen-bond donors (Lipinski definition) is 1. The van der Waals surface area contributed by atoms with Gasteiger partial charge in [-0.3, -0.25) is 0 Å². The monoisotopic (exact) mass is 219 g/mol. The normalized spacial score (nSPS) is 26.9. The molecule has 0 radical (unpaired) electrons. The summed E-state index contributed by atoms with van der Waals surface area (Å²) in [5.41, 5.74) is 2.75. The van der Waals surface area contributed by atoms with E-state index in [-0.39, 0.29) is 0 Å². The van der Waals surface area contributed by atoms with Crippen molar-refractivity contribution in [1.29, 1.82) is 0 Å². The van der Waals surface area contributed by atoms with Crippen molar-refractivity contribution in [1.82, 2.24) is 5.32 Å². The molecule has 0 aromatic heterocycles. The maximum Gasteiger partial charge on any atom is 0.0700 e. The third-order valence-electron chi connectivity index (χ3n) is 3.50. The molecule has 3 atom stereocenters. The summed E-state index contributed by atoms with van der Waals surface area (Å²) in [7, 11) is 0. The summed E-state index contributed by atoms with van der Waals surface area (Å²) in [6.07, 6.45) is 1.46. The average molecular weight is 219 g/mol. The van der Waals surface area contributed by atoms with Gasteiger partial charge in [0.25, 0.3) is 0 Å². The van der Waals surface area contributed by atoms with Crippen LogP contribution in [0.5, 0.6) is 0 Å². The van der Waals surface area contributed by atoms with Gasteiger partial charge in [0.05, 0.1) is 6.10 Å². The van der Waals surface area contributed by atoms with Crippen molar-refractivity contribution in [2.75, 3.05) is 6.61 Å². The van der Waals surface area contributed by atoms with Crippen LogP contribution < -0.4 is 5.32 Å². The number of nitrogens with one attached hydrogen (secondary N) is 1. The summed E-state index contributed by atoms with van der Waals surface area (Å²) < 4.78 is 5.57. The summed E-state index contributed by atoms with van der Waals surface area (Å²) in [6, 6.07) is 9.46. The van der Waals surface area contributed by atoms with Crippen molar-refractivity contribution in [2.24, 2.45) is 0 Å². The molecular formula is C14H21NO. The number of rotatable bonds is 3. The summed E-state index contributed by atoms with van der Waals surface area (Å²) in [5, 5.41) is 3.66. The highest BCUT2D eigenvalue weighted by Crippen LogP contribution is 2.21. The molecule has 0 saturated carbocycles. The first-order valence-corrected chi connectivity index (χ1v) is 6.11. The lowest BCUT2D eigenvalue weighted by Crippen LogP contribution is -2.36. The molecule has 0 bridgehead atoms. The van der Waals surface area contributed by atoms with Crippen LogP contribution in [0, 0.1) is 6.92 Å². The van der Waals surface area contributed by atoms with Crippen LogP contribution in [0.2, 0.25) is 0 Å². The van der Waals surface area contributed by atoms with Crippen molar-refractivity contribution in [3.05, 3.63) is 35.4 Å². The highest BCUT2D eigenvalue weighted by Gasteiger charge is 2.25. The van der Waals surface area contributed by atoms with Crippen molar-refractivity contribution in [2.45, 2.75) is 45.4 Å². The van der Waals surface area contributed by atoms with Crippen molar-refractivity contribution in [3.63, 3.8) is 0 Å². The van der Waals surface area contributed by atoms with Gasteiger partial charge in [-0.2, -0.15) is 0 Å².